The zero-order valence-corrected chi connectivity index (χ0v) is 6.98. The Morgan fingerprint density at radius 2 is 2.45 bits per heavy atom. The summed E-state index contributed by atoms with van der Waals surface area (Å²) in [6, 6.07) is 1.68. The Morgan fingerprint density at radius 3 is 2.91 bits per heavy atom. The number of rotatable bonds is 2. The molecule has 0 aliphatic heterocycles. The summed E-state index contributed by atoms with van der Waals surface area (Å²) < 4.78 is 4.73. The first-order valence-electron chi connectivity index (χ1n) is 3.14. The summed E-state index contributed by atoms with van der Waals surface area (Å²) in [5.41, 5.74) is 0.571. The predicted octanol–water partition coefficient (Wildman–Crippen LogP) is 1.61. The van der Waals surface area contributed by atoms with Crippen LogP contribution in [0.3, 0.4) is 0 Å². The van der Waals surface area contributed by atoms with Crippen LogP contribution in [0.1, 0.15) is 17.3 Å². The molecule has 0 spiro atoms. The van der Waals surface area contributed by atoms with Crippen LogP contribution in [-0.4, -0.2) is 17.6 Å². The van der Waals surface area contributed by atoms with Gasteiger partial charge in [-0.1, -0.05) is 0 Å². The van der Waals surface area contributed by atoms with Crippen molar-refractivity contribution in [2.75, 3.05) is 6.61 Å². The molecule has 1 rings (SSSR count). The van der Waals surface area contributed by atoms with Crippen molar-refractivity contribution in [1.82, 2.24) is 4.98 Å². The predicted molar refractivity (Wildman–Crippen MR) is 44.0 cm³/mol. The molecule has 0 bridgehead atoms. The van der Waals surface area contributed by atoms with E-state index in [4.69, 9.17) is 4.74 Å². The number of H-pyrrole nitrogens is 1. The van der Waals surface area contributed by atoms with Crippen LogP contribution in [0, 0.1) is 0 Å². The molecule has 3 nitrogen and oxygen atoms in total. The van der Waals surface area contributed by atoms with Crippen molar-refractivity contribution in [3.63, 3.8) is 0 Å². The molecule has 1 aromatic heterocycles. The maximum absolute atomic E-state index is 10.9. The molecule has 0 atom stereocenters. The third kappa shape index (κ3) is 2.63. The van der Waals surface area contributed by atoms with Gasteiger partial charge in [0.15, 0.2) is 0 Å². The van der Waals surface area contributed by atoms with E-state index in [1.54, 1.807) is 25.4 Å². The molecule has 1 heterocycles. The van der Waals surface area contributed by atoms with E-state index < -0.39 is 0 Å². The SMILES string of the molecule is CCOC(=O)c1cc[nH]c1.Cl. The highest BCUT2D eigenvalue weighted by Crippen LogP contribution is 1.98. The Bertz CT molecular complexity index is 208. The molecule has 0 saturated carbocycles. The second-order valence-electron chi connectivity index (χ2n) is 1.82. The Hall–Kier alpha value is -0.960. The lowest BCUT2D eigenvalue weighted by Gasteiger charge is -1.95. The monoisotopic (exact) mass is 175 g/mol. The van der Waals surface area contributed by atoms with Crippen molar-refractivity contribution < 1.29 is 9.53 Å². The summed E-state index contributed by atoms with van der Waals surface area (Å²) >= 11 is 0. The fourth-order valence-corrected chi connectivity index (χ4v) is 0.665. The lowest BCUT2D eigenvalue weighted by molar-refractivity contribution is 0.0526. The van der Waals surface area contributed by atoms with Gasteiger partial charge >= 0.3 is 5.97 Å². The molecule has 0 unspecified atom stereocenters. The summed E-state index contributed by atoms with van der Waals surface area (Å²) in [6.45, 7) is 2.20. The van der Waals surface area contributed by atoms with E-state index in [0.717, 1.165) is 0 Å². The third-order valence-electron chi connectivity index (χ3n) is 1.11. The van der Waals surface area contributed by atoms with E-state index in [1.807, 2.05) is 0 Å². The summed E-state index contributed by atoms with van der Waals surface area (Å²) in [4.78, 5) is 13.6. The minimum Gasteiger partial charge on any atom is -0.462 e. The molecule has 62 valence electrons. The van der Waals surface area contributed by atoms with Crippen molar-refractivity contribution in [2.45, 2.75) is 6.92 Å². The molecule has 0 fully saturated rings. The molecule has 0 radical (unpaired) electrons. The number of esters is 1. The first-order valence-corrected chi connectivity index (χ1v) is 3.14. The Balaban J connectivity index is 0.000001000. The van der Waals surface area contributed by atoms with Gasteiger partial charge in [-0.25, -0.2) is 4.79 Å². The minimum absolute atomic E-state index is 0. The number of ether oxygens (including phenoxy) is 1. The van der Waals surface area contributed by atoms with E-state index >= 15 is 0 Å². The average Bonchev–Trinajstić information content (AvgIpc) is 2.38. The van der Waals surface area contributed by atoms with Crippen molar-refractivity contribution in [3.05, 3.63) is 24.0 Å². The molecule has 4 heteroatoms. The minimum atomic E-state index is -0.274. The van der Waals surface area contributed by atoms with Crippen molar-refractivity contribution in [2.24, 2.45) is 0 Å². The molecule has 0 aliphatic rings. The van der Waals surface area contributed by atoms with Crippen molar-refractivity contribution in [1.29, 1.82) is 0 Å². The van der Waals surface area contributed by atoms with Crippen LogP contribution in [0.25, 0.3) is 0 Å². The molecule has 0 amide bonds. The van der Waals surface area contributed by atoms with Gasteiger partial charge in [0, 0.05) is 12.4 Å². The molecule has 1 N–H and O–H groups in total. The van der Waals surface area contributed by atoms with Crippen LogP contribution in [-0.2, 0) is 4.74 Å². The second-order valence-corrected chi connectivity index (χ2v) is 1.82. The van der Waals surface area contributed by atoms with Crippen LogP contribution in [0.4, 0.5) is 0 Å². The number of carbonyl (C=O) groups excluding carboxylic acids is 1. The largest absolute Gasteiger partial charge is 0.462 e. The number of aromatic nitrogens is 1. The van der Waals surface area contributed by atoms with Crippen molar-refractivity contribution in [3.8, 4) is 0 Å². The van der Waals surface area contributed by atoms with Crippen LogP contribution in [0.2, 0.25) is 0 Å². The maximum atomic E-state index is 10.9. The van der Waals surface area contributed by atoms with Gasteiger partial charge in [0.25, 0.3) is 0 Å². The topological polar surface area (TPSA) is 42.1 Å². The quantitative estimate of drug-likeness (QED) is 0.694. The maximum Gasteiger partial charge on any atom is 0.339 e. The highest BCUT2D eigenvalue weighted by Gasteiger charge is 2.03. The number of hydrogen-bond acceptors (Lipinski definition) is 2. The van der Waals surface area contributed by atoms with Gasteiger partial charge in [-0.3, -0.25) is 0 Å². The smallest absolute Gasteiger partial charge is 0.339 e. The summed E-state index contributed by atoms with van der Waals surface area (Å²) in [5, 5.41) is 0. The molecule has 11 heavy (non-hydrogen) atoms. The molecule has 0 aliphatic carbocycles. The van der Waals surface area contributed by atoms with Crippen LogP contribution >= 0.6 is 12.4 Å². The summed E-state index contributed by atoms with van der Waals surface area (Å²) in [6.07, 6.45) is 3.30. The fraction of sp³-hybridized carbons (Fsp3) is 0.286. The van der Waals surface area contributed by atoms with Gasteiger partial charge in [-0.05, 0) is 13.0 Å². The molecular weight excluding hydrogens is 166 g/mol. The van der Waals surface area contributed by atoms with Gasteiger partial charge in [0.2, 0.25) is 0 Å². The normalized spacial score (nSPS) is 8.45. The van der Waals surface area contributed by atoms with Gasteiger partial charge in [0.05, 0.1) is 12.2 Å². The number of hydrogen-bond donors (Lipinski definition) is 1. The lowest BCUT2D eigenvalue weighted by atomic mass is 10.3. The first kappa shape index (κ1) is 10.0. The van der Waals surface area contributed by atoms with Gasteiger partial charge < -0.3 is 9.72 Å². The number of nitrogens with one attached hydrogen (secondary N) is 1. The van der Waals surface area contributed by atoms with Gasteiger partial charge in [-0.15, -0.1) is 12.4 Å². The van der Waals surface area contributed by atoms with Crippen LogP contribution < -0.4 is 0 Å². The van der Waals surface area contributed by atoms with Crippen molar-refractivity contribution >= 4 is 18.4 Å². The van der Waals surface area contributed by atoms with E-state index in [2.05, 4.69) is 4.98 Å². The Kier molecular flexibility index (Phi) is 4.38. The number of halogens is 1. The standard InChI is InChI=1S/C7H9NO2.ClH/c1-2-10-7(9)6-3-4-8-5-6;/h3-5,8H,2H2,1H3;1H. The zero-order chi connectivity index (χ0) is 7.40. The van der Waals surface area contributed by atoms with E-state index in [-0.39, 0.29) is 18.4 Å². The average molecular weight is 176 g/mol. The zero-order valence-electron chi connectivity index (χ0n) is 6.16. The summed E-state index contributed by atoms with van der Waals surface area (Å²) in [5.74, 6) is -0.274. The third-order valence-corrected chi connectivity index (χ3v) is 1.11. The summed E-state index contributed by atoms with van der Waals surface area (Å²) in [7, 11) is 0. The molecule has 0 aromatic carbocycles. The second kappa shape index (κ2) is 4.79. The number of aromatic amines is 1. The lowest BCUT2D eigenvalue weighted by Crippen LogP contribution is -2.02. The van der Waals surface area contributed by atoms with Crippen LogP contribution in [0.15, 0.2) is 18.5 Å². The fourth-order valence-electron chi connectivity index (χ4n) is 0.665. The van der Waals surface area contributed by atoms with E-state index in [9.17, 15) is 4.79 Å². The number of carbonyl (C=O) groups is 1. The first-order chi connectivity index (χ1) is 4.84. The highest BCUT2D eigenvalue weighted by molar-refractivity contribution is 5.89. The Morgan fingerprint density at radius 1 is 1.73 bits per heavy atom. The van der Waals surface area contributed by atoms with Gasteiger partial charge in [-0.2, -0.15) is 0 Å². The van der Waals surface area contributed by atoms with Crippen LogP contribution in [0.5, 0.6) is 0 Å². The Labute approximate surface area is 71.2 Å². The highest BCUT2D eigenvalue weighted by atomic mass is 35.5. The molecular formula is C7H10ClNO2. The van der Waals surface area contributed by atoms with E-state index in [1.165, 1.54) is 0 Å². The molecule has 1 aromatic rings. The van der Waals surface area contributed by atoms with E-state index in [0.29, 0.717) is 12.2 Å². The van der Waals surface area contributed by atoms with Gasteiger partial charge in [0.1, 0.15) is 0 Å². The molecule has 0 saturated heterocycles.